The Kier molecular flexibility index (Phi) is 4.51. The third-order valence-electron chi connectivity index (χ3n) is 2.63. The monoisotopic (exact) mass is 310 g/mol. The zero-order valence-electron chi connectivity index (χ0n) is 11.2. The normalized spacial score (nSPS) is 11.8. The molecule has 0 saturated heterocycles. The molecule has 2 N–H and O–H groups in total. The van der Waals surface area contributed by atoms with Crippen LogP contribution in [0.1, 0.15) is 31.9 Å². The highest BCUT2D eigenvalue weighted by molar-refractivity contribution is 9.10. The van der Waals surface area contributed by atoms with Crippen molar-refractivity contribution in [3.05, 3.63) is 27.7 Å². The number of hydrazone groups is 2. The van der Waals surface area contributed by atoms with Gasteiger partial charge in [-0.1, -0.05) is 36.7 Å². The minimum atomic E-state index is -0.0186. The number of hydrogen-bond donors (Lipinski definition) is 1. The summed E-state index contributed by atoms with van der Waals surface area (Å²) in [5.74, 6) is 5.21. The number of rotatable bonds is 3. The van der Waals surface area contributed by atoms with Gasteiger partial charge in [0.25, 0.3) is 0 Å². The Morgan fingerprint density at radius 2 is 2.00 bits per heavy atom. The number of aryl methyl sites for hydroxylation is 1. The van der Waals surface area contributed by atoms with Gasteiger partial charge in [-0.05, 0) is 35.6 Å². The second kappa shape index (κ2) is 5.52. The summed E-state index contributed by atoms with van der Waals surface area (Å²) in [6, 6.07) is 4.12. The molecule has 0 fully saturated rings. The van der Waals surface area contributed by atoms with Crippen LogP contribution in [0, 0.1) is 6.92 Å². The summed E-state index contributed by atoms with van der Waals surface area (Å²) in [4.78, 5) is 0. The van der Waals surface area contributed by atoms with Gasteiger partial charge in [0.15, 0.2) is 0 Å². The molecule has 0 atom stereocenters. The number of benzene rings is 1. The van der Waals surface area contributed by atoms with Gasteiger partial charge in [-0.2, -0.15) is 10.2 Å². The second-order valence-electron chi connectivity index (χ2n) is 5.12. The summed E-state index contributed by atoms with van der Waals surface area (Å²) < 4.78 is 1.04. The van der Waals surface area contributed by atoms with Gasteiger partial charge in [-0.3, -0.25) is 0 Å². The summed E-state index contributed by atoms with van der Waals surface area (Å²) in [7, 11) is 0. The lowest BCUT2D eigenvalue weighted by Gasteiger charge is -2.27. The van der Waals surface area contributed by atoms with Crippen molar-refractivity contribution in [1.29, 1.82) is 0 Å². The van der Waals surface area contributed by atoms with Gasteiger partial charge in [0, 0.05) is 11.2 Å². The fourth-order valence-corrected chi connectivity index (χ4v) is 2.41. The van der Waals surface area contributed by atoms with Crippen LogP contribution >= 0.6 is 15.9 Å². The summed E-state index contributed by atoms with van der Waals surface area (Å²) in [6.07, 6.45) is 1.46. The molecule has 0 radical (unpaired) electrons. The third-order valence-corrected chi connectivity index (χ3v) is 3.09. The van der Waals surface area contributed by atoms with E-state index in [0.29, 0.717) is 0 Å². The largest absolute Gasteiger partial charge is 0.322 e. The molecule has 98 valence electrons. The van der Waals surface area contributed by atoms with Gasteiger partial charge in [0.05, 0.1) is 5.69 Å². The maximum atomic E-state index is 5.21. The first-order valence-electron chi connectivity index (χ1n) is 5.61. The van der Waals surface area contributed by atoms with Crippen LogP contribution in [-0.2, 0) is 5.41 Å². The Morgan fingerprint density at radius 1 is 1.39 bits per heavy atom. The summed E-state index contributed by atoms with van der Waals surface area (Å²) in [5, 5.41) is 9.08. The Morgan fingerprint density at radius 3 is 2.44 bits per heavy atom. The number of nitrogens with two attached hydrogens (primary N) is 1. The van der Waals surface area contributed by atoms with Gasteiger partial charge in [0.2, 0.25) is 0 Å². The SMILES string of the molecule is C=NN(/C=N\N)c1c(C)cc(Br)cc1C(C)(C)C. The van der Waals surface area contributed by atoms with Crippen molar-refractivity contribution < 1.29 is 0 Å². The molecule has 4 nitrogen and oxygen atoms in total. The van der Waals surface area contributed by atoms with Gasteiger partial charge in [-0.25, -0.2) is 5.01 Å². The molecule has 0 spiro atoms. The molecule has 0 aliphatic carbocycles. The Bertz CT molecular complexity index is 475. The molecule has 0 aliphatic rings. The first-order chi connectivity index (χ1) is 8.31. The number of nitrogens with zero attached hydrogens (tertiary/aromatic N) is 3. The van der Waals surface area contributed by atoms with Crippen LogP contribution in [0.3, 0.4) is 0 Å². The van der Waals surface area contributed by atoms with Crippen LogP contribution in [0.2, 0.25) is 0 Å². The standard InChI is InChI=1S/C13H19BrN4/c1-9-6-10(14)7-11(13(2,3)4)12(9)18(16-5)8-17-15/h6-8H,5,15H2,1-4H3/b17-8-. The Balaban J connectivity index is 3.54. The molecule has 18 heavy (non-hydrogen) atoms. The third kappa shape index (κ3) is 3.10. The second-order valence-corrected chi connectivity index (χ2v) is 6.04. The minimum absolute atomic E-state index is 0.0186. The lowest BCUT2D eigenvalue weighted by atomic mass is 9.84. The molecule has 0 bridgehead atoms. The quantitative estimate of drug-likeness (QED) is 0.403. The fraction of sp³-hybridized carbons (Fsp3) is 0.385. The summed E-state index contributed by atoms with van der Waals surface area (Å²) in [6.45, 7) is 12.0. The highest BCUT2D eigenvalue weighted by Gasteiger charge is 2.23. The van der Waals surface area contributed by atoms with E-state index in [2.05, 4.69) is 59.7 Å². The highest BCUT2D eigenvalue weighted by Crippen LogP contribution is 2.36. The first-order valence-corrected chi connectivity index (χ1v) is 6.40. The lowest BCUT2D eigenvalue weighted by molar-refractivity contribution is 0.589. The lowest BCUT2D eigenvalue weighted by Crippen LogP contribution is -2.22. The number of halogens is 1. The van der Waals surface area contributed by atoms with Crippen molar-refractivity contribution in [1.82, 2.24) is 0 Å². The van der Waals surface area contributed by atoms with E-state index in [1.165, 1.54) is 6.34 Å². The number of anilines is 1. The molecular weight excluding hydrogens is 292 g/mol. The van der Waals surface area contributed by atoms with Crippen molar-refractivity contribution in [2.45, 2.75) is 33.1 Å². The van der Waals surface area contributed by atoms with Crippen LogP contribution in [0.25, 0.3) is 0 Å². The Labute approximate surface area is 117 Å². The smallest absolute Gasteiger partial charge is 0.137 e. The zero-order chi connectivity index (χ0) is 13.9. The average molecular weight is 311 g/mol. The van der Waals surface area contributed by atoms with E-state index in [1.807, 2.05) is 13.0 Å². The van der Waals surface area contributed by atoms with E-state index in [1.54, 1.807) is 5.01 Å². The van der Waals surface area contributed by atoms with E-state index in [4.69, 9.17) is 5.84 Å². The van der Waals surface area contributed by atoms with Gasteiger partial charge in [-0.15, -0.1) is 0 Å². The fourth-order valence-electron chi connectivity index (χ4n) is 1.84. The molecular formula is C13H19BrN4. The van der Waals surface area contributed by atoms with Gasteiger partial charge < -0.3 is 5.84 Å². The van der Waals surface area contributed by atoms with Gasteiger partial charge >= 0.3 is 0 Å². The molecule has 5 heteroatoms. The summed E-state index contributed by atoms with van der Waals surface area (Å²) in [5.41, 5.74) is 3.19. The zero-order valence-corrected chi connectivity index (χ0v) is 12.8. The molecule has 0 aromatic heterocycles. The van der Waals surface area contributed by atoms with Crippen LogP contribution in [-0.4, -0.2) is 13.1 Å². The first kappa shape index (κ1) is 14.7. The molecule has 0 heterocycles. The van der Waals surface area contributed by atoms with Crippen LogP contribution in [0.4, 0.5) is 5.69 Å². The van der Waals surface area contributed by atoms with Gasteiger partial charge in [0.1, 0.15) is 6.34 Å². The van der Waals surface area contributed by atoms with Crippen LogP contribution in [0.15, 0.2) is 26.8 Å². The maximum Gasteiger partial charge on any atom is 0.137 e. The van der Waals surface area contributed by atoms with Crippen molar-refractivity contribution in [2.75, 3.05) is 5.01 Å². The van der Waals surface area contributed by atoms with E-state index in [9.17, 15) is 0 Å². The van der Waals surface area contributed by atoms with E-state index >= 15 is 0 Å². The molecule has 1 rings (SSSR count). The predicted octanol–water partition coefficient (Wildman–Crippen LogP) is 3.38. The maximum absolute atomic E-state index is 5.21. The number of hydrogen-bond acceptors (Lipinski definition) is 3. The molecule has 1 aromatic carbocycles. The van der Waals surface area contributed by atoms with E-state index < -0.39 is 0 Å². The molecule has 0 aliphatic heterocycles. The predicted molar refractivity (Wildman–Crippen MR) is 82.3 cm³/mol. The topological polar surface area (TPSA) is 54.0 Å². The van der Waals surface area contributed by atoms with E-state index in [0.717, 1.165) is 21.3 Å². The van der Waals surface area contributed by atoms with E-state index in [-0.39, 0.29) is 5.41 Å². The van der Waals surface area contributed by atoms with Crippen LogP contribution < -0.4 is 10.9 Å². The van der Waals surface area contributed by atoms with Crippen molar-refractivity contribution in [3.8, 4) is 0 Å². The molecule has 1 aromatic rings. The molecule has 0 unspecified atom stereocenters. The summed E-state index contributed by atoms with van der Waals surface area (Å²) >= 11 is 3.53. The Hall–Kier alpha value is -1.36. The van der Waals surface area contributed by atoms with Crippen molar-refractivity contribution in [2.24, 2.45) is 16.0 Å². The van der Waals surface area contributed by atoms with Crippen molar-refractivity contribution >= 4 is 34.7 Å². The van der Waals surface area contributed by atoms with Crippen LogP contribution in [0.5, 0.6) is 0 Å². The molecule has 0 amide bonds. The minimum Gasteiger partial charge on any atom is -0.322 e. The highest BCUT2D eigenvalue weighted by atomic mass is 79.9. The van der Waals surface area contributed by atoms with Crippen molar-refractivity contribution in [3.63, 3.8) is 0 Å². The molecule has 0 saturated carbocycles. The average Bonchev–Trinajstić information content (AvgIpc) is 2.24.